The Morgan fingerprint density at radius 1 is 0.971 bits per heavy atom. The van der Waals surface area contributed by atoms with E-state index in [0.29, 0.717) is 34.6 Å². The number of carbonyl (C=O) groups excluding carboxylic acids is 1. The standard InChI is InChI=1S/C28H24BrNO4/c1-2-3-6-15-33-21-12-7-9-18(16-21)25-24-26(31)22-13-4-5-14-23(22)34-27(24)28(32)30(25)20-11-8-10-19(29)17-20/h4-5,7-14,16-17,25H,2-3,6,15H2,1H3. The van der Waals surface area contributed by atoms with Crippen LogP contribution >= 0.6 is 15.9 Å². The molecule has 0 aliphatic carbocycles. The van der Waals surface area contributed by atoms with E-state index in [1.165, 1.54) is 0 Å². The highest BCUT2D eigenvalue weighted by Crippen LogP contribution is 2.42. The number of hydrogen-bond donors (Lipinski definition) is 0. The molecule has 1 atom stereocenters. The van der Waals surface area contributed by atoms with Gasteiger partial charge in [0.15, 0.2) is 5.43 Å². The monoisotopic (exact) mass is 517 g/mol. The molecule has 0 radical (unpaired) electrons. The number of rotatable bonds is 7. The molecule has 0 saturated carbocycles. The van der Waals surface area contributed by atoms with Gasteiger partial charge in [0.2, 0.25) is 5.76 Å². The largest absolute Gasteiger partial charge is 0.494 e. The number of anilines is 1. The van der Waals surface area contributed by atoms with Crippen molar-refractivity contribution in [2.45, 2.75) is 32.2 Å². The molecule has 5 rings (SSSR count). The van der Waals surface area contributed by atoms with Gasteiger partial charge in [-0.3, -0.25) is 14.5 Å². The first kappa shape index (κ1) is 22.4. The van der Waals surface area contributed by atoms with Crippen LogP contribution in [0, 0.1) is 0 Å². The first-order valence-corrected chi connectivity index (χ1v) is 12.3. The number of ether oxygens (including phenoxy) is 1. The van der Waals surface area contributed by atoms with Gasteiger partial charge in [0.05, 0.1) is 23.6 Å². The normalized spacial score (nSPS) is 15.1. The summed E-state index contributed by atoms with van der Waals surface area (Å²) in [5.41, 5.74) is 2.03. The molecule has 0 fully saturated rings. The summed E-state index contributed by atoms with van der Waals surface area (Å²) in [6.07, 6.45) is 3.20. The van der Waals surface area contributed by atoms with Gasteiger partial charge in [-0.05, 0) is 54.4 Å². The van der Waals surface area contributed by atoms with Gasteiger partial charge < -0.3 is 9.15 Å². The fraction of sp³-hybridized carbons (Fsp3) is 0.214. The number of fused-ring (bicyclic) bond motifs is 2. The summed E-state index contributed by atoms with van der Waals surface area (Å²) in [6, 6.07) is 21.5. The van der Waals surface area contributed by atoms with Crippen LogP contribution in [0.2, 0.25) is 0 Å². The molecule has 0 bridgehead atoms. The topological polar surface area (TPSA) is 59.8 Å². The third-order valence-corrected chi connectivity index (χ3v) is 6.55. The summed E-state index contributed by atoms with van der Waals surface area (Å²) in [5, 5.41) is 0.460. The predicted octanol–water partition coefficient (Wildman–Crippen LogP) is 6.87. The summed E-state index contributed by atoms with van der Waals surface area (Å²) in [6.45, 7) is 2.78. The van der Waals surface area contributed by atoms with E-state index in [-0.39, 0.29) is 17.1 Å². The van der Waals surface area contributed by atoms with Gasteiger partial charge in [0.25, 0.3) is 5.91 Å². The van der Waals surface area contributed by atoms with E-state index in [0.717, 1.165) is 29.3 Å². The zero-order valence-corrected chi connectivity index (χ0v) is 20.4. The molecule has 1 aliphatic heterocycles. The minimum absolute atomic E-state index is 0.0861. The molecule has 1 amide bonds. The van der Waals surface area contributed by atoms with Crippen molar-refractivity contribution in [2.24, 2.45) is 0 Å². The molecule has 6 heteroatoms. The second-order valence-electron chi connectivity index (χ2n) is 8.36. The Kier molecular flexibility index (Phi) is 6.24. The fourth-order valence-electron chi connectivity index (χ4n) is 4.44. The molecule has 2 heterocycles. The highest BCUT2D eigenvalue weighted by Gasteiger charge is 2.43. The van der Waals surface area contributed by atoms with Gasteiger partial charge in [0, 0.05) is 10.2 Å². The van der Waals surface area contributed by atoms with Crippen molar-refractivity contribution >= 4 is 38.5 Å². The smallest absolute Gasteiger partial charge is 0.295 e. The Morgan fingerprint density at radius 2 is 1.79 bits per heavy atom. The third-order valence-electron chi connectivity index (χ3n) is 6.05. The van der Waals surface area contributed by atoms with Crippen molar-refractivity contribution in [3.8, 4) is 5.75 Å². The minimum atomic E-state index is -0.628. The SMILES string of the molecule is CCCCCOc1cccc(C2c3c(oc4ccccc4c3=O)C(=O)N2c2cccc(Br)c2)c1. The molecule has 34 heavy (non-hydrogen) atoms. The van der Waals surface area contributed by atoms with Crippen LogP contribution in [0.5, 0.6) is 5.75 Å². The summed E-state index contributed by atoms with van der Waals surface area (Å²) in [7, 11) is 0. The average molecular weight is 518 g/mol. The second-order valence-corrected chi connectivity index (χ2v) is 9.27. The Hall–Kier alpha value is -3.38. The molecule has 1 unspecified atom stereocenters. The number of benzene rings is 3. The molecular weight excluding hydrogens is 494 g/mol. The summed E-state index contributed by atoms with van der Waals surface area (Å²) in [5.74, 6) is 0.465. The van der Waals surface area contributed by atoms with Gasteiger partial charge in [0.1, 0.15) is 11.3 Å². The van der Waals surface area contributed by atoms with Crippen molar-refractivity contribution in [3.63, 3.8) is 0 Å². The van der Waals surface area contributed by atoms with E-state index < -0.39 is 6.04 Å². The number of para-hydroxylation sites is 1. The third kappa shape index (κ3) is 4.03. The number of halogens is 1. The molecule has 5 nitrogen and oxygen atoms in total. The lowest BCUT2D eigenvalue weighted by molar-refractivity contribution is 0.0971. The van der Waals surface area contributed by atoms with E-state index in [4.69, 9.17) is 9.15 Å². The van der Waals surface area contributed by atoms with E-state index >= 15 is 0 Å². The maximum atomic E-state index is 13.7. The lowest BCUT2D eigenvalue weighted by Gasteiger charge is -2.25. The molecule has 1 aromatic heterocycles. The Labute approximate surface area is 206 Å². The van der Waals surface area contributed by atoms with E-state index in [1.807, 2.05) is 48.5 Å². The molecule has 172 valence electrons. The van der Waals surface area contributed by atoms with Crippen molar-refractivity contribution in [1.82, 2.24) is 0 Å². The van der Waals surface area contributed by atoms with Crippen molar-refractivity contribution in [3.05, 3.63) is 104 Å². The van der Waals surface area contributed by atoms with Gasteiger partial charge in [-0.25, -0.2) is 0 Å². The van der Waals surface area contributed by atoms with Crippen LogP contribution in [0.15, 0.2) is 86.5 Å². The maximum absolute atomic E-state index is 13.7. The van der Waals surface area contributed by atoms with Crippen LogP contribution < -0.4 is 15.1 Å². The number of unbranched alkanes of at least 4 members (excludes halogenated alkanes) is 2. The second kappa shape index (κ2) is 9.47. The zero-order valence-electron chi connectivity index (χ0n) is 18.8. The lowest BCUT2D eigenvalue weighted by Crippen LogP contribution is -2.29. The Morgan fingerprint density at radius 3 is 2.62 bits per heavy atom. The van der Waals surface area contributed by atoms with Crippen LogP contribution in [-0.2, 0) is 0 Å². The molecule has 0 saturated heterocycles. The van der Waals surface area contributed by atoms with Gasteiger partial charge >= 0.3 is 0 Å². The minimum Gasteiger partial charge on any atom is -0.494 e. The van der Waals surface area contributed by atoms with Crippen molar-refractivity contribution in [2.75, 3.05) is 11.5 Å². The summed E-state index contributed by atoms with van der Waals surface area (Å²) < 4.78 is 12.8. The van der Waals surface area contributed by atoms with E-state index in [2.05, 4.69) is 22.9 Å². The Balaban J connectivity index is 1.66. The maximum Gasteiger partial charge on any atom is 0.295 e. The molecule has 4 aromatic rings. The summed E-state index contributed by atoms with van der Waals surface area (Å²) >= 11 is 3.50. The summed E-state index contributed by atoms with van der Waals surface area (Å²) in [4.78, 5) is 28.9. The van der Waals surface area contributed by atoms with Gasteiger partial charge in [-0.1, -0.05) is 66.0 Å². The highest BCUT2D eigenvalue weighted by atomic mass is 79.9. The molecule has 0 spiro atoms. The van der Waals surface area contributed by atoms with Crippen LogP contribution in [-0.4, -0.2) is 12.5 Å². The van der Waals surface area contributed by atoms with Crippen LogP contribution in [0.25, 0.3) is 11.0 Å². The first-order valence-electron chi connectivity index (χ1n) is 11.5. The van der Waals surface area contributed by atoms with Crippen molar-refractivity contribution in [1.29, 1.82) is 0 Å². The lowest BCUT2D eigenvalue weighted by atomic mass is 9.98. The average Bonchev–Trinajstić information content (AvgIpc) is 3.15. The van der Waals surface area contributed by atoms with Crippen LogP contribution in [0.1, 0.15) is 53.9 Å². The fourth-order valence-corrected chi connectivity index (χ4v) is 4.83. The molecule has 3 aromatic carbocycles. The quantitative estimate of drug-likeness (QED) is 0.251. The Bertz CT molecular complexity index is 1430. The zero-order chi connectivity index (χ0) is 23.7. The number of nitrogens with zero attached hydrogens (tertiary/aromatic N) is 1. The highest BCUT2D eigenvalue weighted by molar-refractivity contribution is 9.10. The van der Waals surface area contributed by atoms with E-state index in [1.54, 1.807) is 29.2 Å². The molecule has 0 N–H and O–H groups in total. The number of carbonyl (C=O) groups is 1. The number of hydrogen-bond acceptors (Lipinski definition) is 4. The van der Waals surface area contributed by atoms with Crippen LogP contribution in [0.4, 0.5) is 5.69 Å². The van der Waals surface area contributed by atoms with Crippen LogP contribution in [0.3, 0.4) is 0 Å². The van der Waals surface area contributed by atoms with E-state index in [9.17, 15) is 9.59 Å². The first-order chi connectivity index (χ1) is 16.6. The van der Waals surface area contributed by atoms with Gasteiger partial charge in [-0.2, -0.15) is 0 Å². The predicted molar refractivity (Wildman–Crippen MR) is 137 cm³/mol. The molecular formula is C28H24BrNO4. The number of amides is 1. The van der Waals surface area contributed by atoms with Crippen molar-refractivity contribution < 1.29 is 13.9 Å². The van der Waals surface area contributed by atoms with Gasteiger partial charge in [-0.15, -0.1) is 0 Å². The molecule has 1 aliphatic rings.